The van der Waals surface area contributed by atoms with E-state index in [4.69, 9.17) is 44.6 Å². The molecule has 0 bridgehead atoms. The Morgan fingerprint density at radius 1 is 1.24 bits per heavy atom. The smallest absolute Gasteiger partial charge is 0.326 e. The molecule has 1 saturated carbocycles. The number of hydrogen-bond acceptors (Lipinski definition) is 3. The van der Waals surface area contributed by atoms with Crippen LogP contribution in [0.5, 0.6) is 5.75 Å². The lowest BCUT2D eigenvalue weighted by Gasteiger charge is -2.14. The number of benzene rings is 1. The second-order valence-corrected chi connectivity index (χ2v) is 5.93. The van der Waals surface area contributed by atoms with Gasteiger partial charge in [0.2, 0.25) is 0 Å². The summed E-state index contributed by atoms with van der Waals surface area (Å²) in [5.41, 5.74) is 0. The highest BCUT2D eigenvalue weighted by molar-refractivity contribution is 6.43. The van der Waals surface area contributed by atoms with Gasteiger partial charge in [0, 0.05) is 6.07 Å². The van der Waals surface area contributed by atoms with Gasteiger partial charge in [-0.1, -0.05) is 34.8 Å². The SMILES string of the molecule is O=C(COc1cc(Cl)c(Cl)cc1Cl)NC(C(=O)O)C1CC1. The molecule has 8 heteroatoms. The average molecular weight is 353 g/mol. The summed E-state index contributed by atoms with van der Waals surface area (Å²) >= 11 is 17.5. The van der Waals surface area contributed by atoms with Crippen LogP contribution >= 0.6 is 34.8 Å². The van der Waals surface area contributed by atoms with E-state index in [0.717, 1.165) is 12.8 Å². The Morgan fingerprint density at radius 3 is 2.43 bits per heavy atom. The van der Waals surface area contributed by atoms with E-state index in [1.54, 1.807) is 0 Å². The number of rotatable bonds is 6. The molecule has 1 atom stereocenters. The molecule has 2 rings (SSSR count). The van der Waals surface area contributed by atoms with E-state index in [2.05, 4.69) is 5.32 Å². The van der Waals surface area contributed by atoms with Crippen LogP contribution in [0.25, 0.3) is 0 Å². The normalized spacial score (nSPS) is 15.4. The number of aliphatic carboxylic acids is 1. The molecule has 0 spiro atoms. The number of carboxylic acids is 1. The Kier molecular flexibility index (Phi) is 5.19. The van der Waals surface area contributed by atoms with Crippen LogP contribution < -0.4 is 10.1 Å². The molecule has 114 valence electrons. The van der Waals surface area contributed by atoms with Crippen molar-refractivity contribution >= 4 is 46.7 Å². The molecule has 1 unspecified atom stereocenters. The Hall–Kier alpha value is -1.17. The first kappa shape index (κ1) is 16.2. The van der Waals surface area contributed by atoms with Crippen LogP contribution in [0.15, 0.2) is 12.1 Å². The summed E-state index contributed by atoms with van der Waals surface area (Å²) in [6.07, 6.45) is 1.60. The first-order valence-corrected chi connectivity index (χ1v) is 7.31. The predicted octanol–water partition coefficient (Wildman–Crippen LogP) is 3.01. The summed E-state index contributed by atoms with van der Waals surface area (Å²) in [5, 5.41) is 12.2. The second-order valence-electron chi connectivity index (χ2n) is 4.71. The fourth-order valence-electron chi connectivity index (χ4n) is 1.78. The number of halogens is 3. The third-order valence-corrected chi connectivity index (χ3v) is 4.03. The van der Waals surface area contributed by atoms with Crippen molar-refractivity contribution in [3.05, 3.63) is 27.2 Å². The van der Waals surface area contributed by atoms with Crippen LogP contribution in [0.3, 0.4) is 0 Å². The van der Waals surface area contributed by atoms with E-state index in [1.165, 1.54) is 12.1 Å². The van der Waals surface area contributed by atoms with Crippen molar-refractivity contribution in [3.63, 3.8) is 0 Å². The highest BCUT2D eigenvalue weighted by Gasteiger charge is 2.37. The van der Waals surface area contributed by atoms with Crippen molar-refractivity contribution in [2.24, 2.45) is 5.92 Å². The molecule has 1 fully saturated rings. The number of carbonyl (C=O) groups excluding carboxylic acids is 1. The van der Waals surface area contributed by atoms with Crippen LogP contribution in [-0.4, -0.2) is 29.6 Å². The summed E-state index contributed by atoms with van der Waals surface area (Å²) in [6, 6.07) is 1.93. The van der Waals surface area contributed by atoms with Crippen LogP contribution in [0.2, 0.25) is 15.1 Å². The summed E-state index contributed by atoms with van der Waals surface area (Å²) in [7, 11) is 0. The Labute approximate surface area is 136 Å². The Balaban J connectivity index is 1.92. The third-order valence-electron chi connectivity index (χ3n) is 3.01. The van der Waals surface area contributed by atoms with Crippen molar-refractivity contribution in [1.82, 2.24) is 5.32 Å². The van der Waals surface area contributed by atoms with Crippen LogP contribution in [0, 0.1) is 5.92 Å². The Bertz CT molecular complexity index is 575. The van der Waals surface area contributed by atoms with E-state index in [0.29, 0.717) is 0 Å². The molecule has 0 aromatic heterocycles. The molecule has 1 aliphatic rings. The fourth-order valence-corrected chi connectivity index (χ4v) is 2.38. The lowest BCUT2D eigenvalue weighted by Crippen LogP contribution is -2.44. The molecule has 1 aliphatic carbocycles. The standard InChI is InChI=1S/C13H12Cl3NO4/c14-7-3-9(16)10(4-8(7)15)21-5-11(18)17-12(13(19)20)6-1-2-6/h3-4,6,12H,1-2,5H2,(H,17,18)(H,19,20). The topological polar surface area (TPSA) is 75.6 Å². The highest BCUT2D eigenvalue weighted by Crippen LogP contribution is 2.34. The minimum Gasteiger partial charge on any atom is -0.482 e. The van der Waals surface area contributed by atoms with Gasteiger partial charge in [0.05, 0.1) is 15.1 Å². The zero-order valence-electron chi connectivity index (χ0n) is 10.7. The summed E-state index contributed by atoms with van der Waals surface area (Å²) in [4.78, 5) is 22.7. The molecule has 2 N–H and O–H groups in total. The molecule has 0 heterocycles. The van der Waals surface area contributed by atoms with Gasteiger partial charge in [0.1, 0.15) is 11.8 Å². The van der Waals surface area contributed by atoms with Crippen molar-refractivity contribution in [1.29, 1.82) is 0 Å². The van der Waals surface area contributed by atoms with E-state index >= 15 is 0 Å². The molecule has 1 aromatic rings. The van der Waals surface area contributed by atoms with Gasteiger partial charge < -0.3 is 15.2 Å². The summed E-state index contributed by atoms with van der Waals surface area (Å²) in [5.74, 6) is -1.37. The Morgan fingerprint density at radius 2 is 1.86 bits per heavy atom. The lowest BCUT2D eigenvalue weighted by molar-refractivity contribution is -0.142. The molecule has 0 saturated heterocycles. The van der Waals surface area contributed by atoms with Gasteiger partial charge >= 0.3 is 5.97 Å². The molecule has 1 aromatic carbocycles. The van der Waals surface area contributed by atoms with Gasteiger partial charge in [0.25, 0.3) is 5.91 Å². The number of nitrogens with one attached hydrogen (secondary N) is 1. The van der Waals surface area contributed by atoms with Gasteiger partial charge in [-0.3, -0.25) is 4.79 Å². The van der Waals surface area contributed by atoms with Crippen molar-refractivity contribution in [2.45, 2.75) is 18.9 Å². The minimum absolute atomic E-state index is 0.0000132. The maximum atomic E-state index is 11.7. The predicted molar refractivity (Wildman–Crippen MR) is 79.3 cm³/mol. The van der Waals surface area contributed by atoms with Gasteiger partial charge in [-0.15, -0.1) is 0 Å². The van der Waals surface area contributed by atoms with E-state index in [-0.39, 0.29) is 33.3 Å². The first-order chi connectivity index (χ1) is 9.88. The average Bonchev–Trinajstić information content (AvgIpc) is 3.22. The zero-order valence-corrected chi connectivity index (χ0v) is 13.0. The van der Waals surface area contributed by atoms with E-state index < -0.39 is 17.9 Å². The molecule has 1 amide bonds. The number of carbonyl (C=O) groups is 2. The van der Waals surface area contributed by atoms with E-state index in [1.807, 2.05) is 0 Å². The fraction of sp³-hybridized carbons (Fsp3) is 0.385. The van der Waals surface area contributed by atoms with Crippen molar-refractivity contribution in [3.8, 4) is 5.75 Å². The molecule has 0 radical (unpaired) electrons. The molecule has 5 nitrogen and oxygen atoms in total. The zero-order chi connectivity index (χ0) is 15.6. The summed E-state index contributed by atoms with van der Waals surface area (Å²) < 4.78 is 5.24. The van der Waals surface area contributed by atoms with Crippen LogP contribution in [-0.2, 0) is 9.59 Å². The van der Waals surface area contributed by atoms with Crippen LogP contribution in [0.1, 0.15) is 12.8 Å². The van der Waals surface area contributed by atoms with Gasteiger partial charge in [-0.05, 0) is 24.8 Å². The number of carboxylic acid groups (broad SMARTS) is 1. The highest BCUT2D eigenvalue weighted by atomic mass is 35.5. The monoisotopic (exact) mass is 351 g/mol. The summed E-state index contributed by atoms with van der Waals surface area (Å²) in [6.45, 7) is -0.353. The maximum Gasteiger partial charge on any atom is 0.326 e. The quantitative estimate of drug-likeness (QED) is 0.772. The minimum atomic E-state index is -1.04. The van der Waals surface area contributed by atoms with Gasteiger partial charge in [0.15, 0.2) is 6.61 Å². The number of hydrogen-bond donors (Lipinski definition) is 2. The third kappa shape index (κ3) is 4.40. The number of ether oxygens (including phenoxy) is 1. The van der Waals surface area contributed by atoms with Crippen LogP contribution in [0.4, 0.5) is 0 Å². The second kappa shape index (κ2) is 6.73. The largest absolute Gasteiger partial charge is 0.482 e. The van der Waals surface area contributed by atoms with Crippen molar-refractivity contribution < 1.29 is 19.4 Å². The molecular weight excluding hydrogens is 341 g/mol. The molecular formula is C13H12Cl3NO4. The number of amides is 1. The first-order valence-electron chi connectivity index (χ1n) is 6.18. The van der Waals surface area contributed by atoms with Gasteiger partial charge in [-0.25, -0.2) is 4.79 Å². The maximum absolute atomic E-state index is 11.7. The van der Waals surface area contributed by atoms with E-state index in [9.17, 15) is 9.59 Å². The van der Waals surface area contributed by atoms with Gasteiger partial charge in [-0.2, -0.15) is 0 Å². The molecule has 0 aliphatic heterocycles. The molecule has 21 heavy (non-hydrogen) atoms. The van der Waals surface area contributed by atoms with Crippen molar-refractivity contribution in [2.75, 3.05) is 6.61 Å². The lowest BCUT2D eigenvalue weighted by atomic mass is 10.2.